The molecule has 2 rings (SSSR count). The standard InChI is InChI=1S/C13H11BrFNO5/c1-19-10-5-7(8(15)6-11(10)20-2)13(14)9-3-4-12(21-9)16(17)18/h3-6,13H,1-2H3. The van der Waals surface area contributed by atoms with Gasteiger partial charge in [0.1, 0.15) is 21.3 Å². The quantitative estimate of drug-likeness (QED) is 0.460. The molecule has 0 aliphatic heterocycles. The highest BCUT2D eigenvalue weighted by molar-refractivity contribution is 9.09. The molecule has 1 heterocycles. The Morgan fingerprint density at radius 3 is 2.43 bits per heavy atom. The van der Waals surface area contributed by atoms with Crippen LogP contribution in [0.3, 0.4) is 0 Å². The van der Waals surface area contributed by atoms with E-state index in [-0.39, 0.29) is 17.1 Å². The van der Waals surface area contributed by atoms with E-state index in [1.54, 1.807) is 0 Å². The summed E-state index contributed by atoms with van der Waals surface area (Å²) in [6.07, 6.45) is 0. The van der Waals surface area contributed by atoms with E-state index in [0.717, 1.165) is 0 Å². The lowest BCUT2D eigenvalue weighted by Crippen LogP contribution is -1.99. The van der Waals surface area contributed by atoms with E-state index in [1.807, 2.05) is 0 Å². The number of alkyl halides is 1. The van der Waals surface area contributed by atoms with E-state index >= 15 is 0 Å². The molecule has 0 saturated heterocycles. The first-order valence-electron chi connectivity index (χ1n) is 5.77. The Balaban J connectivity index is 2.42. The molecule has 1 unspecified atom stereocenters. The Morgan fingerprint density at radius 2 is 1.90 bits per heavy atom. The van der Waals surface area contributed by atoms with Crippen molar-refractivity contribution < 1.29 is 23.2 Å². The van der Waals surface area contributed by atoms with Crippen LogP contribution in [0.2, 0.25) is 0 Å². The van der Waals surface area contributed by atoms with E-state index in [2.05, 4.69) is 15.9 Å². The third kappa shape index (κ3) is 2.99. The molecule has 0 spiro atoms. The van der Waals surface area contributed by atoms with Crippen LogP contribution in [0, 0.1) is 15.9 Å². The molecule has 2 aromatic rings. The summed E-state index contributed by atoms with van der Waals surface area (Å²) in [5, 5.41) is 10.6. The minimum Gasteiger partial charge on any atom is -0.493 e. The maximum atomic E-state index is 14.1. The van der Waals surface area contributed by atoms with Gasteiger partial charge in [-0.1, -0.05) is 15.9 Å². The molecule has 1 aromatic heterocycles. The Kier molecular flexibility index (Phi) is 4.46. The van der Waals surface area contributed by atoms with Crippen LogP contribution in [-0.4, -0.2) is 19.1 Å². The number of benzene rings is 1. The first kappa shape index (κ1) is 15.3. The fraction of sp³-hybridized carbons (Fsp3) is 0.231. The Hall–Kier alpha value is -2.09. The fourth-order valence-corrected chi connectivity index (χ4v) is 2.39. The van der Waals surface area contributed by atoms with Gasteiger partial charge >= 0.3 is 5.88 Å². The molecular formula is C13H11BrFNO5. The van der Waals surface area contributed by atoms with Gasteiger partial charge in [0.25, 0.3) is 0 Å². The molecule has 0 radical (unpaired) electrons. The van der Waals surface area contributed by atoms with Crippen molar-refractivity contribution in [3.05, 3.63) is 51.5 Å². The number of hydrogen-bond acceptors (Lipinski definition) is 5. The number of halogens is 2. The number of nitro groups is 1. The monoisotopic (exact) mass is 359 g/mol. The van der Waals surface area contributed by atoms with E-state index in [0.29, 0.717) is 5.75 Å². The lowest BCUT2D eigenvalue weighted by molar-refractivity contribution is -0.402. The average molecular weight is 360 g/mol. The SMILES string of the molecule is COc1cc(F)c(C(Br)c2ccc([N+](=O)[O-])o2)cc1OC. The summed E-state index contributed by atoms with van der Waals surface area (Å²) >= 11 is 3.26. The van der Waals surface area contributed by atoms with Gasteiger partial charge in [-0.05, 0) is 12.1 Å². The average Bonchev–Trinajstić information content (AvgIpc) is 2.96. The molecule has 6 nitrogen and oxygen atoms in total. The molecule has 0 bridgehead atoms. The zero-order valence-electron chi connectivity index (χ0n) is 11.1. The van der Waals surface area contributed by atoms with E-state index in [4.69, 9.17) is 13.9 Å². The molecule has 8 heteroatoms. The van der Waals surface area contributed by atoms with Gasteiger partial charge in [0.15, 0.2) is 11.5 Å². The van der Waals surface area contributed by atoms with E-state index in [9.17, 15) is 14.5 Å². The van der Waals surface area contributed by atoms with Crippen LogP contribution in [-0.2, 0) is 0 Å². The molecule has 1 atom stereocenters. The molecule has 112 valence electrons. The fourth-order valence-electron chi connectivity index (χ4n) is 1.79. The van der Waals surface area contributed by atoms with Crippen molar-refractivity contribution in [3.8, 4) is 11.5 Å². The summed E-state index contributed by atoms with van der Waals surface area (Å²) < 4.78 is 29.3. The molecule has 0 aliphatic rings. The first-order chi connectivity index (χ1) is 9.97. The lowest BCUT2D eigenvalue weighted by atomic mass is 10.1. The zero-order chi connectivity index (χ0) is 15.6. The summed E-state index contributed by atoms with van der Waals surface area (Å²) in [5.41, 5.74) is 0.219. The van der Waals surface area contributed by atoms with Crippen molar-refractivity contribution in [2.24, 2.45) is 0 Å². The van der Waals surface area contributed by atoms with Gasteiger partial charge in [-0.2, -0.15) is 0 Å². The van der Waals surface area contributed by atoms with Gasteiger partial charge in [-0.3, -0.25) is 10.1 Å². The number of ether oxygens (including phenoxy) is 2. The third-order valence-electron chi connectivity index (χ3n) is 2.82. The van der Waals surface area contributed by atoms with Crippen LogP contribution >= 0.6 is 15.9 Å². The maximum absolute atomic E-state index is 14.1. The minimum atomic E-state index is -0.689. The summed E-state index contributed by atoms with van der Waals surface area (Å²) in [6.45, 7) is 0. The highest BCUT2D eigenvalue weighted by Gasteiger charge is 2.23. The molecular weight excluding hydrogens is 349 g/mol. The largest absolute Gasteiger partial charge is 0.493 e. The second-order valence-corrected chi connectivity index (χ2v) is 4.94. The Labute approximate surface area is 127 Å². The van der Waals surface area contributed by atoms with E-state index in [1.165, 1.54) is 38.5 Å². The second kappa shape index (κ2) is 6.13. The van der Waals surface area contributed by atoms with Gasteiger partial charge in [0.05, 0.1) is 20.3 Å². The molecule has 0 N–H and O–H groups in total. The van der Waals surface area contributed by atoms with Crippen LogP contribution in [0.15, 0.2) is 28.7 Å². The third-order valence-corrected chi connectivity index (χ3v) is 3.76. The first-order valence-corrected chi connectivity index (χ1v) is 6.69. The topological polar surface area (TPSA) is 74.7 Å². The minimum absolute atomic E-state index is 0.216. The van der Waals surface area contributed by atoms with Crippen molar-refractivity contribution in [2.45, 2.75) is 4.83 Å². The van der Waals surface area contributed by atoms with Crippen molar-refractivity contribution >= 4 is 21.8 Å². The Morgan fingerprint density at radius 1 is 1.29 bits per heavy atom. The normalized spacial score (nSPS) is 12.0. The highest BCUT2D eigenvalue weighted by Crippen LogP contribution is 2.39. The number of nitrogens with zero attached hydrogens (tertiary/aromatic N) is 1. The van der Waals surface area contributed by atoms with E-state index < -0.39 is 21.5 Å². The van der Waals surface area contributed by atoms with Gasteiger partial charge in [-0.25, -0.2) is 4.39 Å². The summed E-state index contributed by atoms with van der Waals surface area (Å²) in [4.78, 5) is 9.26. The second-order valence-electron chi connectivity index (χ2n) is 4.02. The molecule has 1 aromatic carbocycles. The van der Waals surface area contributed by atoms with Crippen molar-refractivity contribution in [1.29, 1.82) is 0 Å². The molecule has 0 aliphatic carbocycles. The number of hydrogen-bond donors (Lipinski definition) is 0. The molecule has 21 heavy (non-hydrogen) atoms. The van der Waals surface area contributed by atoms with Crippen LogP contribution in [0.4, 0.5) is 10.3 Å². The van der Waals surface area contributed by atoms with Gasteiger partial charge in [0, 0.05) is 11.6 Å². The Bertz CT molecular complexity index is 673. The van der Waals surface area contributed by atoms with Crippen LogP contribution in [0.1, 0.15) is 16.2 Å². The summed E-state index contributed by atoms with van der Waals surface area (Å²) in [6, 6.07) is 5.25. The van der Waals surface area contributed by atoms with Crippen LogP contribution in [0.25, 0.3) is 0 Å². The van der Waals surface area contributed by atoms with Gasteiger partial charge in [0.2, 0.25) is 0 Å². The van der Waals surface area contributed by atoms with Crippen LogP contribution in [0.5, 0.6) is 11.5 Å². The number of methoxy groups -OCH3 is 2. The number of rotatable bonds is 5. The predicted octanol–water partition coefficient (Wildman–Crippen LogP) is 3.83. The van der Waals surface area contributed by atoms with Crippen LogP contribution < -0.4 is 9.47 Å². The lowest BCUT2D eigenvalue weighted by Gasteiger charge is -2.13. The van der Waals surface area contributed by atoms with Gasteiger partial charge in [-0.15, -0.1) is 0 Å². The molecule has 0 fully saturated rings. The van der Waals surface area contributed by atoms with Crippen molar-refractivity contribution in [1.82, 2.24) is 0 Å². The smallest absolute Gasteiger partial charge is 0.433 e. The molecule has 0 saturated carbocycles. The maximum Gasteiger partial charge on any atom is 0.433 e. The van der Waals surface area contributed by atoms with Crippen molar-refractivity contribution in [3.63, 3.8) is 0 Å². The molecule has 0 amide bonds. The summed E-state index contributed by atoms with van der Waals surface area (Å²) in [5.74, 6) is -0.139. The zero-order valence-corrected chi connectivity index (χ0v) is 12.7. The summed E-state index contributed by atoms with van der Waals surface area (Å²) in [7, 11) is 2.83. The number of furan rings is 1. The van der Waals surface area contributed by atoms with Crippen molar-refractivity contribution in [2.75, 3.05) is 14.2 Å². The predicted molar refractivity (Wildman–Crippen MR) is 75.6 cm³/mol. The highest BCUT2D eigenvalue weighted by atomic mass is 79.9. The van der Waals surface area contributed by atoms with Gasteiger partial charge < -0.3 is 13.9 Å².